The van der Waals surface area contributed by atoms with Crippen LogP contribution in [0.15, 0.2) is 54.9 Å². The molecule has 0 fully saturated rings. The van der Waals surface area contributed by atoms with Crippen molar-refractivity contribution in [3.8, 4) is 11.1 Å². The number of halogens is 1. The predicted molar refractivity (Wildman–Crippen MR) is 74.1 cm³/mol. The van der Waals surface area contributed by atoms with Crippen LogP contribution in [0.5, 0.6) is 0 Å². The van der Waals surface area contributed by atoms with Gasteiger partial charge in [-0.2, -0.15) is 0 Å². The van der Waals surface area contributed by atoms with Crippen molar-refractivity contribution in [3.05, 3.63) is 66.2 Å². The molecule has 0 aliphatic rings. The highest BCUT2D eigenvalue weighted by Crippen LogP contribution is 2.29. The molecule has 0 radical (unpaired) electrons. The van der Waals surface area contributed by atoms with Gasteiger partial charge in [-0.3, -0.25) is 0 Å². The molecule has 4 heteroatoms. The molecule has 0 spiro atoms. The van der Waals surface area contributed by atoms with Gasteiger partial charge in [0, 0.05) is 18.0 Å². The van der Waals surface area contributed by atoms with Crippen LogP contribution in [0.1, 0.15) is 10.4 Å². The standard InChI is InChI=1S/C16H12FNO2/c1-20-16(19)15-13(11-5-7-12(17)8-6-11)10-18-9-3-2-4-14(15)18/h2-10H,1H3. The number of benzene rings is 1. The summed E-state index contributed by atoms with van der Waals surface area (Å²) in [6, 6.07) is 11.6. The maximum atomic E-state index is 13.0. The van der Waals surface area contributed by atoms with Crippen molar-refractivity contribution >= 4 is 11.5 Å². The molecule has 3 aromatic rings. The number of hydrogen-bond donors (Lipinski definition) is 0. The fourth-order valence-electron chi connectivity index (χ4n) is 2.29. The molecule has 2 heterocycles. The zero-order chi connectivity index (χ0) is 14.1. The van der Waals surface area contributed by atoms with E-state index in [0.29, 0.717) is 5.56 Å². The summed E-state index contributed by atoms with van der Waals surface area (Å²) >= 11 is 0. The second-order valence-electron chi connectivity index (χ2n) is 4.41. The number of rotatable bonds is 2. The van der Waals surface area contributed by atoms with Crippen molar-refractivity contribution in [1.29, 1.82) is 0 Å². The van der Waals surface area contributed by atoms with Crippen LogP contribution in [0.25, 0.3) is 16.6 Å². The summed E-state index contributed by atoms with van der Waals surface area (Å²) in [7, 11) is 1.35. The Hall–Kier alpha value is -2.62. The summed E-state index contributed by atoms with van der Waals surface area (Å²) in [5, 5.41) is 0. The largest absolute Gasteiger partial charge is 0.465 e. The quantitative estimate of drug-likeness (QED) is 0.666. The van der Waals surface area contributed by atoms with Crippen LogP contribution in [-0.4, -0.2) is 17.5 Å². The number of ether oxygens (including phenoxy) is 1. The topological polar surface area (TPSA) is 30.7 Å². The van der Waals surface area contributed by atoms with Crippen molar-refractivity contribution in [2.45, 2.75) is 0 Å². The Bertz CT molecular complexity index is 775. The Labute approximate surface area is 115 Å². The van der Waals surface area contributed by atoms with Gasteiger partial charge in [-0.25, -0.2) is 9.18 Å². The number of pyridine rings is 1. The van der Waals surface area contributed by atoms with E-state index in [2.05, 4.69) is 0 Å². The van der Waals surface area contributed by atoms with E-state index in [-0.39, 0.29) is 5.82 Å². The molecule has 1 aromatic carbocycles. The highest BCUT2D eigenvalue weighted by Gasteiger charge is 2.19. The molecular weight excluding hydrogens is 257 g/mol. The predicted octanol–water partition coefficient (Wildman–Crippen LogP) is 3.53. The van der Waals surface area contributed by atoms with Crippen LogP contribution >= 0.6 is 0 Å². The van der Waals surface area contributed by atoms with Crippen molar-refractivity contribution in [3.63, 3.8) is 0 Å². The lowest BCUT2D eigenvalue weighted by atomic mass is 10.0. The van der Waals surface area contributed by atoms with Gasteiger partial charge in [-0.15, -0.1) is 0 Å². The summed E-state index contributed by atoms with van der Waals surface area (Å²) in [6.07, 6.45) is 3.70. The van der Waals surface area contributed by atoms with Gasteiger partial charge in [0.25, 0.3) is 0 Å². The molecule has 0 atom stereocenters. The highest BCUT2D eigenvalue weighted by molar-refractivity contribution is 6.04. The SMILES string of the molecule is COC(=O)c1c(-c2ccc(F)cc2)cn2ccccc12. The van der Waals surface area contributed by atoms with E-state index in [4.69, 9.17) is 4.74 Å². The number of hydrogen-bond acceptors (Lipinski definition) is 2. The number of carbonyl (C=O) groups excluding carboxylic acids is 1. The van der Waals surface area contributed by atoms with E-state index in [1.54, 1.807) is 12.1 Å². The van der Waals surface area contributed by atoms with Crippen LogP contribution in [0.2, 0.25) is 0 Å². The molecule has 0 N–H and O–H groups in total. The molecule has 0 unspecified atom stereocenters. The van der Waals surface area contributed by atoms with Crippen molar-refractivity contribution in [2.24, 2.45) is 0 Å². The number of esters is 1. The van der Waals surface area contributed by atoms with Gasteiger partial charge in [0.15, 0.2) is 0 Å². The lowest BCUT2D eigenvalue weighted by Gasteiger charge is -2.03. The lowest BCUT2D eigenvalue weighted by Crippen LogP contribution is -2.02. The third-order valence-electron chi connectivity index (χ3n) is 3.23. The molecule has 0 bridgehead atoms. The van der Waals surface area contributed by atoms with Gasteiger partial charge in [0.2, 0.25) is 0 Å². The van der Waals surface area contributed by atoms with Crippen LogP contribution in [0.4, 0.5) is 4.39 Å². The zero-order valence-electron chi connectivity index (χ0n) is 10.8. The minimum atomic E-state index is -0.405. The monoisotopic (exact) mass is 269 g/mol. The van der Waals surface area contributed by atoms with Gasteiger partial charge in [-0.1, -0.05) is 18.2 Å². The van der Waals surface area contributed by atoms with E-state index in [9.17, 15) is 9.18 Å². The summed E-state index contributed by atoms with van der Waals surface area (Å²) in [5.74, 6) is -0.713. The third kappa shape index (κ3) is 1.95. The van der Waals surface area contributed by atoms with Crippen LogP contribution in [0.3, 0.4) is 0 Å². The Morgan fingerprint density at radius 3 is 2.60 bits per heavy atom. The first-order chi connectivity index (χ1) is 9.70. The van der Waals surface area contributed by atoms with Gasteiger partial charge in [-0.05, 0) is 29.8 Å². The minimum absolute atomic E-state index is 0.308. The van der Waals surface area contributed by atoms with Crippen molar-refractivity contribution in [2.75, 3.05) is 7.11 Å². The Morgan fingerprint density at radius 2 is 1.90 bits per heavy atom. The van der Waals surface area contributed by atoms with Gasteiger partial charge in [0.1, 0.15) is 5.82 Å². The highest BCUT2D eigenvalue weighted by atomic mass is 19.1. The van der Waals surface area contributed by atoms with Crippen LogP contribution in [0, 0.1) is 5.82 Å². The Kier molecular flexibility index (Phi) is 2.99. The third-order valence-corrected chi connectivity index (χ3v) is 3.23. The number of carbonyl (C=O) groups is 1. The molecule has 0 amide bonds. The maximum Gasteiger partial charge on any atom is 0.340 e. The fraction of sp³-hybridized carbons (Fsp3) is 0.0625. The van der Waals surface area contributed by atoms with Crippen LogP contribution in [-0.2, 0) is 4.74 Å². The van der Waals surface area contributed by atoms with E-state index < -0.39 is 5.97 Å². The van der Waals surface area contributed by atoms with Gasteiger partial charge < -0.3 is 9.14 Å². The maximum absolute atomic E-state index is 13.0. The summed E-state index contributed by atoms with van der Waals surface area (Å²) in [4.78, 5) is 12.0. The molecule has 20 heavy (non-hydrogen) atoms. The number of aromatic nitrogens is 1. The molecular formula is C16H12FNO2. The lowest BCUT2D eigenvalue weighted by molar-refractivity contribution is 0.0604. The van der Waals surface area contributed by atoms with E-state index >= 15 is 0 Å². The Morgan fingerprint density at radius 1 is 1.15 bits per heavy atom. The smallest absolute Gasteiger partial charge is 0.340 e. The van der Waals surface area contributed by atoms with E-state index in [1.165, 1.54) is 19.2 Å². The first-order valence-corrected chi connectivity index (χ1v) is 6.14. The van der Waals surface area contributed by atoms with Gasteiger partial charge >= 0.3 is 5.97 Å². The number of methoxy groups -OCH3 is 1. The average Bonchev–Trinajstić information content (AvgIpc) is 2.86. The normalized spacial score (nSPS) is 10.7. The molecule has 3 rings (SSSR count). The Balaban J connectivity index is 2.29. The van der Waals surface area contributed by atoms with Gasteiger partial charge in [0.05, 0.1) is 18.2 Å². The molecule has 100 valence electrons. The van der Waals surface area contributed by atoms with Crippen molar-refractivity contribution in [1.82, 2.24) is 4.40 Å². The van der Waals surface area contributed by atoms with Crippen LogP contribution < -0.4 is 0 Å². The average molecular weight is 269 g/mol. The first-order valence-electron chi connectivity index (χ1n) is 6.14. The number of fused-ring (bicyclic) bond motifs is 1. The molecule has 3 nitrogen and oxygen atoms in total. The second kappa shape index (κ2) is 4.81. The summed E-state index contributed by atoms with van der Waals surface area (Å²) in [6.45, 7) is 0. The first kappa shape index (κ1) is 12.4. The molecule has 0 aliphatic heterocycles. The van der Waals surface area contributed by atoms with E-state index in [0.717, 1.165) is 16.6 Å². The zero-order valence-corrected chi connectivity index (χ0v) is 10.8. The second-order valence-corrected chi connectivity index (χ2v) is 4.41. The molecule has 0 saturated heterocycles. The summed E-state index contributed by atoms with van der Waals surface area (Å²) < 4.78 is 19.7. The molecule has 2 aromatic heterocycles. The summed E-state index contributed by atoms with van der Waals surface area (Å²) in [5.41, 5.74) is 2.75. The van der Waals surface area contributed by atoms with Crippen molar-refractivity contribution < 1.29 is 13.9 Å². The molecule has 0 aliphatic carbocycles. The number of nitrogens with zero attached hydrogens (tertiary/aromatic N) is 1. The minimum Gasteiger partial charge on any atom is -0.465 e. The molecule has 0 saturated carbocycles. The van der Waals surface area contributed by atoms with E-state index in [1.807, 2.05) is 35.0 Å². The fourth-order valence-corrected chi connectivity index (χ4v) is 2.29.